The van der Waals surface area contributed by atoms with Gasteiger partial charge in [0.2, 0.25) is 0 Å². The Morgan fingerprint density at radius 3 is 2.79 bits per heavy atom. The van der Waals surface area contributed by atoms with Gasteiger partial charge in [0.15, 0.2) is 0 Å². The van der Waals surface area contributed by atoms with E-state index in [0.717, 1.165) is 10.3 Å². The van der Waals surface area contributed by atoms with Crippen molar-refractivity contribution in [3.63, 3.8) is 0 Å². The van der Waals surface area contributed by atoms with E-state index in [4.69, 9.17) is 5.73 Å². The van der Waals surface area contributed by atoms with Crippen molar-refractivity contribution in [2.75, 3.05) is 11.9 Å². The highest BCUT2D eigenvalue weighted by molar-refractivity contribution is 9.10. The molecular formula is C10H16BrN3. The van der Waals surface area contributed by atoms with Crippen molar-refractivity contribution in [1.82, 2.24) is 4.98 Å². The molecule has 0 bridgehead atoms. The molecule has 3 N–H and O–H groups in total. The summed E-state index contributed by atoms with van der Waals surface area (Å²) in [7, 11) is 0. The zero-order valence-electron chi connectivity index (χ0n) is 8.50. The van der Waals surface area contributed by atoms with E-state index < -0.39 is 0 Å². The predicted molar refractivity (Wildman–Crippen MR) is 63.2 cm³/mol. The van der Waals surface area contributed by atoms with E-state index in [-0.39, 0.29) is 6.04 Å². The molecule has 0 spiro atoms. The Morgan fingerprint density at radius 2 is 2.29 bits per heavy atom. The lowest BCUT2D eigenvalue weighted by Crippen LogP contribution is -2.34. The van der Waals surface area contributed by atoms with E-state index in [1.807, 2.05) is 12.1 Å². The number of pyridine rings is 1. The number of nitrogens with one attached hydrogen (secondary N) is 1. The quantitative estimate of drug-likeness (QED) is 0.870. The van der Waals surface area contributed by atoms with Crippen LogP contribution in [0.2, 0.25) is 0 Å². The molecule has 0 aliphatic heterocycles. The normalized spacial score (nSPS) is 12.9. The number of hydrogen-bond acceptors (Lipinski definition) is 3. The molecule has 3 nitrogen and oxygen atoms in total. The summed E-state index contributed by atoms with van der Waals surface area (Å²) in [6, 6.07) is 4.12. The Labute approximate surface area is 93.2 Å². The van der Waals surface area contributed by atoms with Gasteiger partial charge in [0.05, 0.1) is 4.47 Å². The Hall–Kier alpha value is -0.610. The van der Waals surface area contributed by atoms with Gasteiger partial charge in [-0.1, -0.05) is 13.8 Å². The van der Waals surface area contributed by atoms with E-state index in [9.17, 15) is 0 Å². The summed E-state index contributed by atoms with van der Waals surface area (Å²) in [4.78, 5) is 4.23. The number of nitrogens with two attached hydrogens (primary N) is 1. The molecule has 0 amide bonds. The summed E-state index contributed by atoms with van der Waals surface area (Å²) in [5.41, 5.74) is 5.67. The predicted octanol–water partition coefficient (Wildman–Crippen LogP) is 2.24. The molecule has 0 saturated carbocycles. The standard InChI is InChI=1S/C10H16BrN3/c1-7(2)9(6-12)14-10-8(11)4-3-5-13-10/h3-5,7,9H,6,12H2,1-2H3,(H,13,14). The van der Waals surface area contributed by atoms with Crippen molar-refractivity contribution in [2.45, 2.75) is 19.9 Å². The van der Waals surface area contributed by atoms with Crippen molar-refractivity contribution in [3.8, 4) is 0 Å². The second-order valence-corrected chi connectivity index (χ2v) is 4.42. The number of nitrogens with zero attached hydrogens (tertiary/aromatic N) is 1. The lowest BCUT2D eigenvalue weighted by atomic mass is 10.1. The monoisotopic (exact) mass is 257 g/mol. The molecule has 0 aliphatic carbocycles. The fourth-order valence-corrected chi connectivity index (χ4v) is 1.53. The van der Waals surface area contributed by atoms with Crippen LogP contribution in [0.15, 0.2) is 22.8 Å². The molecular weight excluding hydrogens is 242 g/mol. The third-order valence-corrected chi connectivity index (χ3v) is 2.78. The van der Waals surface area contributed by atoms with Gasteiger partial charge in [-0.25, -0.2) is 4.98 Å². The maximum absolute atomic E-state index is 5.67. The van der Waals surface area contributed by atoms with Crippen molar-refractivity contribution >= 4 is 21.7 Å². The molecule has 78 valence electrons. The fraction of sp³-hybridized carbons (Fsp3) is 0.500. The molecule has 14 heavy (non-hydrogen) atoms. The van der Waals surface area contributed by atoms with Gasteiger partial charge in [0.25, 0.3) is 0 Å². The van der Waals surface area contributed by atoms with Crippen molar-refractivity contribution in [2.24, 2.45) is 11.7 Å². The minimum Gasteiger partial charge on any atom is -0.365 e. The number of halogens is 1. The van der Waals surface area contributed by atoms with Gasteiger partial charge in [0, 0.05) is 18.8 Å². The van der Waals surface area contributed by atoms with Crippen LogP contribution in [0, 0.1) is 5.92 Å². The molecule has 0 saturated heterocycles. The number of aromatic nitrogens is 1. The number of anilines is 1. The van der Waals surface area contributed by atoms with Gasteiger partial charge < -0.3 is 11.1 Å². The Morgan fingerprint density at radius 1 is 1.57 bits per heavy atom. The van der Waals surface area contributed by atoms with Crippen LogP contribution >= 0.6 is 15.9 Å². The summed E-state index contributed by atoms with van der Waals surface area (Å²) in [5.74, 6) is 1.35. The summed E-state index contributed by atoms with van der Waals surface area (Å²) in [6.07, 6.45) is 1.76. The minimum absolute atomic E-state index is 0.265. The van der Waals surface area contributed by atoms with Crippen LogP contribution in [0.4, 0.5) is 5.82 Å². The van der Waals surface area contributed by atoms with E-state index >= 15 is 0 Å². The second kappa shape index (κ2) is 5.32. The van der Waals surface area contributed by atoms with Crippen LogP contribution in [-0.2, 0) is 0 Å². The van der Waals surface area contributed by atoms with Gasteiger partial charge in [-0.05, 0) is 34.0 Å². The van der Waals surface area contributed by atoms with Crippen LogP contribution < -0.4 is 11.1 Å². The highest BCUT2D eigenvalue weighted by Crippen LogP contribution is 2.20. The summed E-state index contributed by atoms with van der Waals surface area (Å²) in [6.45, 7) is 4.89. The zero-order chi connectivity index (χ0) is 10.6. The van der Waals surface area contributed by atoms with Crippen molar-refractivity contribution in [1.29, 1.82) is 0 Å². The highest BCUT2D eigenvalue weighted by atomic mass is 79.9. The van der Waals surface area contributed by atoms with Gasteiger partial charge in [-0.15, -0.1) is 0 Å². The van der Waals surface area contributed by atoms with Crippen molar-refractivity contribution < 1.29 is 0 Å². The number of rotatable bonds is 4. The molecule has 0 fully saturated rings. The van der Waals surface area contributed by atoms with Gasteiger partial charge in [0.1, 0.15) is 5.82 Å². The van der Waals surface area contributed by atoms with E-state index in [1.54, 1.807) is 6.20 Å². The molecule has 1 heterocycles. The Balaban J connectivity index is 2.72. The van der Waals surface area contributed by atoms with Crippen LogP contribution in [0.3, 0.4) is 0 Å². The lowest BCUT2D eigenvalue weighted by molar-refractivity contribution is 0.530. The molecule has 1 unspecified atom stereocenters. The Kier molecular flexibility index (Phi) is 4.35. The SMILES string of the molecule is CC(C)C(CN)Nc1ncccc1Br. The zero-order valence-corrected chi connectivity index (χ0v) is 10.1. The molecule has 1 aromatic rings. The molecule has 0 aromatic carbocycles. The first-order chi connectivity index (χ1) is 6.65. The summed E-state index contributed by atoms with van der Waals surface area (Å²) >= 11 is 3.44. The first-order valence-electron chi connectivity index (χ1n) is 4.72. The average Bonchev–Trinajstić information content (AvgIpc) is 2.16. The second-order valence-electron chi connectivity index (χ2n) is 3.56. The summed E-state index contributed by atoms with van der Waals surface area (Å²) in [5, 5.41) is 3.31. The van der Waals surface area contributed by atoms with Gasteiger partial charge >= 0.3 is 0 Å². The Bertz CT molecular complexity index is 288. The summed E-state index contributed by atoms with van der Waals surface area (Å²) < 4.78 is 0.971. The van der Waals surface area contributed by atoms with Crippen LogP contribution in [0.1, 0.15) is 13.8 Å². The minimum atomic E-state index is 0.265. The maximum atomic E-state index is 5.67. The maximum Gasteiger partial charge on any atom is 0.140 e. The molecule has 1 atom stereocenters. The molecule has 0 aliphatic rings. The van der Waals surface area contributed by atoms with E-state index in [0.29, 0.717) is 12.5 Å². The van der Waals surface area contributed by atoms with E-state index in [2.05, 4.69) is 40.1 Å². The fourth-order valence-electron chi connectivity index (χ4n) is 1.17. The van der Waals surface area contributed by atoms with Crippen LogP contribution in [0.5, 0.6) is 0 Å². The van der Waals surface area contributed by atoms with Crippen molar-refractivity contribution in [3.05, 3.63) is 22.8 Å². The smallest absolute Gasteiger partial charge is 0.140 e. The first kappa shape index (κ1) is 11.5. The van der Waals surface area contributed by atoms with E-state index in [1.165, 1.54) is 0 Å². The highest BCUT2D eigenvalue weighted by Gasteiger charge is 2.12. The van der Waals surface area contributed by atoms with Crippen LogP contribution in [-0.4, -0.2) is 17.6 Å². The molecule has 1 rings (SSSR count). The van der Waals surface area contributed by atoms with Gasteiger partial charge in [-0.3, -0.25) is 0 Å². The number of hydrogen-bond donors (Lipinski definition) is 2. The molecule has 0 radical (unpaired) electrons. The average molecular weight is 258 g/mol. The third kappa shape index (κ3) is 2.96. The first-order valence-corrected chi connectivity index (χ1v) is 5.51. The largest absolute Gasteiger partial charge is 0.365 e. The topological polar surface area (TPSA) is 50.9 Å². The third-order valence-electron chi connectivity index (χ3n) is 2.14. The lowest BCUT2D eigenvalue weighted by Gasteiger charge is -2.21. The molecule has 4 heteroatoms. The molecule has 1 aromatic heterocycles. The van der Waals surface area contributed by atoms with Crippen LogP contribution in [0.25, 0.3) is 0 Å². The van der Waals surface area contributed by atoms with Gasteiger partial charge in [-0.2, -0.15) is 0 Å².